The Morgan fingerprint density at radius 2 is 0.828 bits per heavy atom. The highest BCUT2D eigenvalue weighted by Gasteiger charge is 2.19. The number of thiophene rings is 1. The van der Waals surface area contributed by atoms with E-state index in [-0.39, 0.29) is 0 Å². The van der Waals surface area contributed by atoms with Gasteiger partial charge in [-0.1, -0.05) is 182 Å². The van der Waals surface area contributed by atoms with Crippen molar-refractivity contribution >= 4 is 70.1 Å². The van der Waals surface area contributed by atoms with Crippen molar-refractivity contribution in [3.8, 4) is 44.5 Å². The maximum Gasteiger partial charge on any atom is 0.0640 e. The summed E-state index contributed by atoms with van der Waals surface area (Å²) in [5.74, 6) is 0. The first kappa shape index (κ1) is 34.0. The van der Waals surface area contributed by atoms with Crippen LogP contribution in [0.1, 0.15) is 0 Å². The van der Waals surface area contributed by atoms with Gasteiger partial charge in [-0.25, -0.2) is 0 Å². The van der Waals surface area contributed by atoms with E-state index in [9.17, 15) is 0 Å². The van der Waals surface area contributed by atoms with Crippen molar-refractivity contribution in [2.75, 3.05) is 4.90 Å². The van der Waals surface area contributed by atoms with Gasteiger partial charge in [0.2, 0.25) is 0 Å². The maximum atomic E-state index is 2.43. The Hall–Kier alpha value is -7.26. The summed E-state index contributed by atoms with van der Waals surface area (Å²) in [6.07, 6.45) is 0. The van der Waals surface area contributed by atoms with Crippen LogP contribution >= 0.6 is 11.3 Å². The van der Waals surface area contributed by atoms with Crippen molar-refractivity contribution in [3.63, 3.8) is 0 Å². The molecule has 0 aliphatic rings. The minimum absolute atomic E-state index is 1.11. The molecule has 0 atom stereocenters. The summed E-state index contributed by atoms with van der Waals surface area (Å²) in [5.41, 5.74) is 13.2. The van der Waals surface area contributed by atoms with Crippen LogP contribution in [0.15, 0.2) is 224 Å². The zero-order valence-corrected chi connectivity index (χ0v) is 32.5. The Kier molecular flexibility index (Phi) is 8.42. The first-order valence-corrected chi connectivity index (χ1v) is 20.7. The molecule has 0 saturated heterocycles. The van der Waals surface area contributed by atoms with Gasteiger partial charge >= 0.3 is 0 Å². The molecule has 0 unspecified atom stereocenters. The smallest absolute Gasteiger partial charge is 0.0640 e. The van der Waals surface area contributed by atoms with Gasteiger partial charge in [0.15, 0.2) is 0 Å². The SMILES string of the molecule is c1ccc(-c2cccc3ccc(-c4ccc(N(c5ccc(-c6cccc7cccc(-c8ccccc8)c67)cc5)c5cccc6c5sc5ccccc56)cc4)cc23)cc1. The van der Waals surface area contributed by atoms with Gasteiger partial charge in [-0.15, -0.1) is 11.3 Å². The van der Waals surface area contributed by atoms with Crippen LogP contribution in [0.3, 0.4) is 0 Å². The molecule has 11 rings (SSSR count). The molecule has 1 heterocycles. The molecule has 2 heteroatoms. The molecule has 0 aliphatic heterocycles. The lowest BCUT2D eigenvalue weighted by Gasteiger charge is -2.26. The summed E-state index contributed by atoms with van der Waals surface area (Å²) in [6, 6.07) is 81.9. The van der Waals surface area contributed by atoms with Crippen molar-refractivity contribution in [2.24, 2.45) is 0 Å². The van der Waals surface area contributed by atoms with Gasteiger partial charge in [-0.3, -0.25) is 0 Å². The van der Waals surface area contributed by atoms with E-state index in [1.54, 1.807) is 0 Å². The number of anilines is 3. The van der Waals surface area contributed by atoms with E-state index in [0.717, 1.165) is 11.4 Å². The number of fused-ring (bicyclic) bond motifs is 5. The standard InChI is InChI=1S/C56H37NS/c1-3-13-39(14-4-1)47-21-9-17-41-27-28-44(37-52(41)47)38-29-33-45(34-30-38)57(53-25-12-24-51-50-20-7-8-26-54(50)58-56(51)53)46-35-31-42(32-36-46)49-23-11-19-43-18-10-22-48(55(43)49)40-15-5-2-6-16-40/h1-37H. The second kappa shape index (κ2) is 14.4. The predicted octanol–water partition coefficient (Wildman–Crippen LogP) is 16.5. The summed E-state index contributed by atoms with van der Waals surface area (Å²) in [6.45, 7) is 0. The van der Waals surface area contributed by atoms with E-state index in [0.29, 0.717) is 0 Å². The molecule has 0 spiro atoms. The van der Waals surface area contributed by atoms with Crippen LogP contribution in [0.25, 0.3) is 86.2 Å². The Morgan fingerprint density at radius 3 is 1.52 bits per heavy atom. The average molecular weight is 756 g/mol. The van der Waals surface area contributed by atoms with Crippen LogP contribution in [0.4, 0.5) is 17.1 Å². The molecule has 1 nitrogen and oxygen atoms in total. The van der Waals surface area contributed by atoms with Gasteiger partial charge in [-0.05, 0) is 109 Å². The van der Waals surface area contributed by atoms with Crippen molar-refractivity contribution in [1.82, 2.24) is 0 Å². The minimum atomic E-state index is 1.11. The van der Waals surface area contributed by atoms with E-state index < -0.39 is 0 Å². The molecule has 10 aromatic carbocycles. The quantitative estimate of drug-likeness (QED) is 0.157. The molecular formula is C56H37NS. The van der Waals surface area contributed by atoms with Crippen LogP contribution in [0.5, 0.6) is 0 Å². The van der Waals surface area contributed by atoms with Gasteiger partial charge in [0.25, 0.3) is 0 Å². The van der Waals surface area contributed by atoms with Gasteiger partial charge in [0.1, 0.15) is 0 Å². The Morgan fingerprint density at radius 1 is 0.310 bits per heavy atom. The third-order valence-corrected chi connectivity index (χ3v) is 12.7. The third-order valence-electron chi connectivity index (χ3n) is 11.5. The van der Waals surface area contributed by atoms with Crippen molar-refractivity contribution in [2.45, 2.75) is 0 Å². The van der Waals surface area contributed by atoms with Gasteiger partial charge in [0, 0.05) is 26.8 Å². The molecule has 0 amide bonds. The fraction of sp³-hybridized carbons (Fsp3) is 0. The lowest BCUT2D eigenvalue weighted by molar-refractivity contribution is 1.30. The summed E-state index contributed by atoms with van der Waals surface area (Å²) in [7, 11) is 0. The molecule has 1 aromatic heterocycles. The van der Waals surface area contributed by atoms with Crippen LogP contribution in [-0.4, -0.2) is 0 Å². The van der Waals surface area contributed by atoms with Crippen LogP contribution in [0, 0.1) is 0 Å². The minimum Gasteiger partial charge on any atom is -0.309 e. The largest absolute Gasteiger partial charge is 0.309 e. The van der Waals surface area contributed by atoms with Gasteiger partial charge < -0.3 is 4.90 Å². The zero-order chi connectivity index (χ0) is 38.4. The Labute approximate surface area is 342 Å². The average Bonchev–Trinajstić information content (AvgIpc) is 3.69. The van der Waals surface area contributed by atoms with Crippen LogP contribution in [0.2, 0.25) is 0 Å². The van der Waals surface area contributed by atoms with Crippen molar-refractivity contribution < 1.29 is 0 Å². The van der Waals surface area contributed by atoms with Crippen molar-refractivity contribution in [1.29, 1.82) is 0 Å². The molecule has 0 fully saturated rings. The molecule has 0 saturated carbocycles. The highest BCUT2D eigenvalue weighted by molar-refractivity contribution is 7.26. The predicted molar refractivity (Wildman–Crippen MR) is 251 cm³/mol. The molecule has 272 valence electrons. The highest BCUT2D eigenvalue weighted by Crippen LogP contribution is 2.46. The van der Waals surface area contributed by atoms with E-state index >= 15 is 0 Å². The van der Waals surface area contributed by atoms with Crippen LogP contribution < -0.4 is 4.90 Å². The second-order valence-electron chi connectivity index (χ2n) is 14.9. The molecule has 0 aliphatic carbocycles. The lowest BCUT2D eigenvalue weighted by atomic mass is 9.91. The Bertz CT molecular complexity index is 3250. The Balaban J connectivity index is 1.03. The molecule has 11 aromatic rings. The molecule has 0 N–H and O–H groups in total. The molecule has 58 heavy (non-hydrogen) atoms. The summed E-state index contributed by atoms with van der Waals surface area (Å²) in [4.78, 5) is 2.43. The third kappa shape index (κ3) is 5.94. The number of nitrogens with zero attached hydrogens (tertiary/aromatic N) is 1. The van der Waals surface area contributed by atoms with E-state index in [4.69, 9.17) is 0 Å². The van der Waals surface area contributed by atoms with Gasteiger partial charge in [-0.2, -0.15) is 0 Å². The summed E-state index contributed by atoms with van der Waals surface area (Å²) in [5, 5.41) is 7.60. The topological polar surface area (TPSA) is 3.24 Å². The lowest BCUT2D eigenvalue weighted by Crippen LogP contribution is -2.10. The van der Waals surface area contributed by atoms with E-state index in [2.05, 4.69) is 229 Å². The highest BCUT2D eigenvalue weighted by atomic mass is 32.1. The fourth-order valence-corrected chi connectivity index (χ4v) is 9.90. The summed E-state index contributed by atoms with van der Waals surface area (Å²) >= 11 is 1.87. The zero-order valence-electron chi connectivity index (χ0n) is 31.7. The number of benzene rings is 10. The summed E-state index contributed by atoms with van der Waals surface area (Å²) < 4.78 is 2.58. The molecule has 0 bridgehead atoms. The monoisotopic (exact) mass is 755 g/mol. The first-order valence-electron chi connectivity index (χ1n) is 19.8. The number of hydrogen-bond donors (Lipinski definition) is 0. The fourth-order valence-electron chi connectivity index (χ4n) is 8.69. The van der Waals surface area contributed by atoms with Crippen molar-refractivity contribution in [3.05, 3.63) is 224 Å². The first-order chi connectivity index (χ1) is 28.8. The number of rotatable bonds is 7. The maximum absolute atomic E-state index is 2.43. The normalized spacial score (nSPS) is 11.4. The van der Waals surface area contributed by atoms with Crippen LogP contribution in [-0.2, 0) is 0 Å². The van der Waals surface area contributed by atoms with E-state index in [1.165, 1.54) is 91.9 Å². The number of hydrogen-bond acceptors (Lipinski definition) is 2. The second-order valence-corrected chi connectivity index (χ2v) is 15.9. The molecular weight excluding hydrogens is 719 g/mol. The molecule has 0 radical (unpaired) electrons. The van der Waals surface area contributed by atoms with E-state index in [1.807, 2.05) is 11.3 Å². The van der Waals surface area contributed by atoms with Gasteiger partial charge in [0.05, 0.1) is 10.4 Å².